The molecule has 0 aliphatic carbocycles. The zero-order valence-electron chi connectivity index (χ0n) is 9.67. The van der Waals surface area contributed by atoms with Gasteiger partial charge in [-0.15, -0.1) is 0 Å². The van der Waals surface area contributed by atoms with Crippen molar-refractivity contribution in [2.75, 3.05) is 11.9 Å². The monoisotopic (exact) mass is 354 g/mol. The summed E-state index contributed by atoms with van der Waals surface area (Å²) in [7, 11) is 1.63. The molecule has 0 atom stereocenters. The highest BCUT2D eigenvalue weighted by Gasteiger charge is 2.17. The first-order valence-electron chi connectivity index (χ1n) is 5.27. The molecule has 2 rings (SSSR count). The highest BCUT2D eigenvalue weighted by Crippen LogP contribution is 2.22. The first-order valence-corrected chi connectivity index (χ1v) is 6.35. The third-order valence-corrected chi connectivity index (χ3v) is 3.16. The van der Waals surface area contributed by atoms with Crippen LogP contribution in [0.3, 0.4) is 0 Å². The molecule has 1 heterocycles. The number of phenols is 1. The molecule has 0 aliphatic rings. The Morgan fingerprint density at radius 2 is 2.11 bits per heavy atom. The van der Waals surface area contributed by atoms with Crippen LogP contribution in [-0.4, -0.2) is 23.0 Å². The van der Waals surface area contributed by atoms with E-state index in [1.807, 2.05) is 0 Å². The molecule has 2 aromatic rings. The van der Waals surface area contributed by atoms with Crippen LogP contribution in [0.1, 0.15) is 10.4 Å². The summed E-state index contributed by atoms with van der Waals surface area (Å²) in [5.41, 5.74) is 0.273. The SMILES string of the molecule is CN(C(=O)c1cc(I)ccc1O)c1ccccn1. The number of carbonyl (C=O) groups excluding carboxylic acids is 1. The van der Waals surface area contributed by atoms with E-state index in [4.69, 9.17) is 0 Å². The standard InChI is InChI=1S/C13H11IN2O2/c1-16(12-4-2-3-7-15-12)13(18)10-8-9(14)5-6-11(10)17/h2-8,17H,1H3. The zero-order valence-corrected chi connectivity index (χ0v) is 11.8. The number of benzene rings is 1. The molecular weight excluding hydrogens is 343 g/mol. The van der Waals surface area contributed by atoms with E-state index in [1.165, 1.54) is 11.0 Å². The van der Waals surface area contributed by atoms with E-state index < -0.39 is 0 Å². The molecule has 5 heteroatoms. The van der Waals surface area contributed by atoms with Gasteiger partial charge in [-0.1, -0.05) is 6.07 Å². The zero-order chi connectivity index (χ0) is 13.1. The Bertz CT molecular complexity index is 572. The predicted molar refractivity (Wildman–Crippen MR) is 77.8 cm³/mol. The summed E-state index contributed by atoms with van der Waals surface area (Å²) in [6, 6.07) is 10.2. The van der Waals surface area contributed by atoms with Crippen LogP contribution < -0.4 is 4.90 Å². The highest BCUT2D eigenvalue weighted by atomic mass is 127. The van der Waals surface area contributed by atoms with Gasteiger partial charge in [-0.25, -0.2) is 4.98 Å². The number of carbonyl (C=O) groups is 1. The highest BCUT2D eigenvalue weighted by molar-refractivity contribution is 14.1. The first kappa shape index (κ1) is 12.8. The maximum Gasteiger partial charge on any atom is 0.262 e. The largest absolute Gasteiger partial charge is 0.507 e. The van der Waals surface area contributed by atoms with Crippen molar-refractivity contribution in [1.82, 2.24) is 4.98 Å². The minimum atomic E-state index is -0.287. The van der Waals surface area contributed by atoms with Crippen LogP contribution in [0.25, 0.3) is 0 Å². The maximum absolute atomic E-state index is 12.2. The van der Waals surface area contributed by atoms with E-state index in [1.54, 1.807) is 43.6 Å². The minimum absolute atomic E-state index is 0.0248. The molecular formula is C13H11IN2O2. The van der Waals surface area contributed by atoms with Crippen molar-refractivity contribution in [3.05, 3.63) is 51.7 Å². The summed E-state index contributed by atoms with van der Waals surface area (Å²) >= 11 is 2.10. The van der Waals surface area contributed by atoms with Gasteiger partial charge in [0.05, 0.1) is 5.56 Å². The summed E-state index contributed by atoms with van der Waals surface area (Å²) < 4.78 is 0.892. The van der Waals surface area contributed by atoms with Gasteiger partial charge in [-0.05, 0) is 52.9 Å². The molecule has 0 saturated heterocycles. The molecule has 0 saturated carbocycles. The molecule has 0 fully saturated rings. The normalized spacial score (nSPS) is 10.1. The Kier molecular flexibility index (Phi) is 3.81. The molecule has 92 valence electrons. The third kappa shape index (κ3) is 2.61. The average molecular weight is 354 g/mol. The summed E-state index contributed by atoms with van der Waals surface area (Å²) in [5, 5.41) is 9.73. The average Bonchev–Trinajstić information content (AvgIpc) is 2.41. The van der Waals surface area contributed by atoms with Crippen molar-refractivity contribution in [2.24, 2.45) is 0 Å². The molecule has 4 nitrogen and oxygen atoms in total. The smallest absolute Gasteiger partial charge is 0.262 e. The Balaban J connectivity index is 2.34. The van der Waals surface area contributed by atoms with Crippen LogP contribution >= 0.6 is 22.6 Å². The number of anilines is 1. The fourth-order valence-corrected chi connectivity index (χ4v) is 2.01. The molecule has 1 amide bonds. The number of halogens is 1. The van der Waals surface area contributed by atoms with Crippen LogP contribution in [-0.2, 0) is 0 Å². The number of amides is 1. The van der Waals surface area contributed by atoms with Crippen LogP contribution in [0.5, 0.6) is 5.75 Å². The lowest BCUT2D eigenvalue weighted by Gasteiger charge is -2.16. The summed E-state index contributed by atoms with van der Waals surface area (Å²) in [6.45, 7) is 0. The molecule has 0 spiro atoms. The second kappa shape index (κ2) is 5.34. The van der Waals surface area contributed by atoms with Crippen LogP contribution in [0.15, 0.2) is 42.6 Å². The predicted octanol–water partition coefficient (Wildman–Crippen LogP) is 2.67. The van der Waals surface area contributed by atoms with Crippen LogP contribution in [0.2, 0.25) is 0 Å². The molecule has 0 unspecified atom stereocenters. The lowest BCUT2D eigenvalue weighted by molar-refractivity contribution is 0.0989. The van der Waals surface area contributed by atoms with E-state index in [9.17, 15) is 9.90 Å². The molecule has 0 bridgehead atoms. The molecule has 0 radical (unpaired) electrons. The first-order chi connectivity index (χ1) is 8.59. The Labute approximate surface area is 118 Å². The summed E-state index contributed by atoms with van der Waals surface area (Å²) in [5.74, 6) is 0.230. The van der Waals surface area contributed by atoms with Crippen molar-refractivity contribution in [3.8, 4) is 5.75 Å². The van der Waals surface area contributed by atoms with Gasteiger partial charge >= 0.3 is 0 Å². The van der Waals surface area contributed by atoms with Crippen molar-refractivity contribution >= 4 is 34.3 Å². The Hall–Kier alpha value is -1.63. The number of nitrogens with zero attached hydrogens (tertiary/aromatic N) is 2. The third-order valence-electron chi connectivity index (χ3n) is 2.49. The lowest BCUT2D eigenvalue weighted by Crippen LogP contribution is -2.27. The van der Waals surface area contributed by atoms with Gasteiger partial charge in [0, 0.05) is 16.8 Å². The van der Waals surface area contributed by atoms with Gasteiger partial charge in [0.1, 0.15) is 11.6 Å². The maximum atomic E-state index is 12.2. The molecule has 1 N–H and O–H groups in total. The summed E-state index contributed by atoms with van der Waals surface area (Å²) in [6.07, 6.45) is 1.62. The van der Waals surface area contributed by atoms with E-state index in [0.29, 0.717) is 5.82 Å². The van der Waals surface area contributed by atoms with Crippen LogP contribution in [0.4, 0.5) is 5.82 Å². The van der Waals surface area contributed by atoms with E-state index in [2.05, 4.69) is 27.6 Å². The van der Waals surface area contributed by atoms with E-state index in [0.717, 1.165) is 3.57 Å². The number of phenolic OH excluding ortho intramolecular Hbond substituents is 1. The fraction of sp³-hybridized carbons (Fsp3) is 0.0769. The van der Waals surface area contributed by atoms with Gasteiger partial charge < -0.3 is 5.11 Å². The topological polar surface area (TPSA) is 53.4 Å². The van der Waals surface area contributed by atoms with Crippen molar-refractivity contribution < 1.29 is 9.90 Å². The quantitative estimate of drug-likeness (QED) is 0.844. The number of hydrogen-bond donors (Lipinski definition) is 1. The molecule has 1 aromatic carbocycles. The summed E-state index contributed by atoms with van der Waals surface area (Å²) in [4.78, 5) is 17.7. The van der Waals surface area contributed by atoms with Gasteiger partial charge in [0.2, 0.25) is 0 Å². The van der Waals surface area contributed by atoms with E-state index >= 15 is 0 Å². The number of aromatic hydroxyl groups is 1. The Morgan fingerprint density at radius 3 is 2.78 bits per heavy atom. The number of hydrogen-bond acceptors (Lipinski definition) is 3. The van der Waals surface area contributed by atoms with Gasteiger partial charge in [0.15, 0.2) is 0 Å². The lowest BCUT2D eigenvalue weighted by atomic mass is 10.2. The van der Waals surface area contributed by atoms with Gasteiger partial charge in [0.25, 0.3) is 5.91 Å². The molecule has 1 aromatic heterocycles. The number of pyridine rings is 1. The van der Waals surface area contributed by atoms with Gasteiger partial charge in [-0.2, -0.15) is 0 Å². The second-order valence-corrected chi connectivity index (χ2v) is 4.96. The van der Waals surface area contributed by atoms with Crippen molar-refractivity contribution in [1.29, 1.82) is 0 Å². The fourth-order valence-electron chi connectivity index (χ4n) is 1.52. The molecule has 0 aliphatic heterocycles. The Morgan fingerprint density at radius 1 is 1.33 bits per heavy atom. The molecule has 18 heavy (non-hydrogen) atoms. The van der Waals surface area contributed by atoms with Crippen LogP contribution in [0, 0.1) is 3.57 Å². The van der Waals surface area contributed by atoms with Crippen molar-refractivity contribution in [3.63, 3.8) is 0 Å². The number of aromatic nitrogens is 1. The minimum Gasteiger partial charge on any atom is -0.507 e. The second-order valence-electron chi connectivity index (χ2n) is 3.71. The van der Waals surface area contributed by atoms with Crippen molar-refractivity contribution in [2.45, 2.75) is 0 Å². The van der Waals surface area contributed by atoms with E-state index in [-0.39, 0.29) is 17.2 Å². The van der Waals surface area contributed by atoms with Gasteiger partial charge in [-0.3, -0.25) is 9.69 Å². The number of rotatable bonds is 2.